The van der Waals surface area contributed by atoms with Crippen molar-refractivity contribution < 1.29 is 22.7 Å². The molecule has 3 rings (SSSR count). The first kappa shape index (κ1) is 25.0. The Kier molecular flexibility index (Phi) is 7.99. The van der Waals surface area contributed by atoms with E-state index >= 15 is 0 Å². The molecule has 2 amide bonds. The van der Waals surface area contributed by atoms with Gasteiger partial charge in [0.05, 0.1) is 13.7 Å². The van der Waals surface area contributed by atoms with E-state index in [1.807, 2.05) is 13.8 Å². The van der Waals surface area contributed by atoms with E-state index in [1.54, 1.807) is 24.3 Å². The Hall–Kier alpha value is -2.62. The minimum absolute atomic E-state index is 0.0652. The van der Waals surface area contributed by atoms with E-state index in [1.165, 1.54) is 29.6 Å². The van der Waals surface area contributed by atoms with Crippen LogP contribution in [-0.2, 0) is 14.8 Å². The Labute approximate surface area is 199 Å². The van der Waals surface area contributed by atoms with E-state index < -0.39 is 21.8 Å². The summed E-state index contributed by atoms with van der Waals surface area (Å²) in [6.45, 7) is 4.59. The fourth-order valence-electron chi connectivity index (χ4n) is 3.96. The molecule has 0 aliphatic carbocycles. The van der Waals surface area contributed by atoms with Crippen molar-refractivity contribution in [3.63, 3.8) is 0 Å². The largest absolute Gasteiger partial charge is 0.495 e. The van der Waals surface area contributed by atoms with Crippen molar-refractivity contribution in [3.8, 4) is 5.75 Å². The fraction of sp³-hybridized carbons (Fsp3) is 0.391. The maximum atomic E-state index is 13.4. The number of amides is 2. The maximum Gasteiger partial charge on any atom is 0.251 e. The van der Waals surface area contributed by atoms with Crippen LogP contribution < -0.4 is 15.4 Å². The molecule has 0 spiro atoms. The van der Waals surface area contributed by atoms with Gasteiger partial charge in [0.2, 0.25) is 15.9 Å². The summed E-state index contributed by atoms with van der Waals surface area (Å²) in [4.78, 5) is 24.7. The molecule has 2 atom stereocenters. The average Bonchev–Trinajstić information content (AvgIpc) is 2.78. The molecule has 0 saturated carbocycles. The lowest BCUT2D eigenvalue weighted by Gasteiger charge is -2.34. The highest BCUT2D eigenvalue weighted by atomic mass is 35.5. The van der Waals surface area contributed by atoms with Gasteiger partial charge >= 0.3 is 0 Å². The lowest BCUT2D eigenvalue weighted by molar-refractivity contribution is -0.115. The molecule has 0 aromatic heterocycles. The van der Waals surface area contributed by atoms with E-state index in [0.29, 0.717) is 23.8 Å². The Morgan fingerprint density at radius 3 is 2.33 bits per heavy atom. The summed E-state index contributed by atoms with van der Waals surface area (Å²) in [7, 11) is -2.48. The maximum absolute atomic E-state index is 13.4. The number of ether oxygens (including phenoxy) is 1. The van der Waals surface area contributed by atoms with Crippen LogP contribution in [0.15, 0.2) is 47.4 Å². The highest BCUT2D eigenvalue weighted by Crippen LogP contribution is 2.32. The van der Waals surface area contributed by atoms with E-state index in [2.05, 4.69) is 10.6 Å². The van der Waals surface area contributed by atoms with Crippen molar-refractivity contribution >= 4 is 39.1 Å². The van der Waals surface area contributed by atoms with Crippen molar-refractivity contribution in [2.24, 2.45) is 11.8 Å². The van der Waals surface area contributed by atoms with Crippen LogP contribution >= 0.6 is 11.6 Å². The molecule has 10 heteroatoms. The molecule has 1 heterocycles. The van der Waals surface area contributed by atoms with Crippen LogP contribution in [0.25, 0.3) is 0 Å². The third-order valence-corrected chi connectivity index (χ3v) is 7.52. The summed E-state index contributed by atoms with van der Waals surface area (Å²) in [5.74, 6) is -0.359. The number of nitrogens with one attached hydrogen (secondary N) is 2. The minimum Gasteiger partial charge on any atom is -0.495 e. The second-order valence-electron chi connectivity index (χ2n) is 8.37. The summed E-state index contributed by atoms with van der Waals surface area (Å²) < 4.78 is 33.5. The van der Waals surface area contributed by atoms with Gasteiger partial charge in [0.15, 0.2) is 0 Å². The summed E-state index contributed by atoms with van der Waals surface area (Å²) in [5.41, 5.74) is 0.660. The SMILES string of the molecule is COc1ccc(C(=O)NCC(=O)Nc2ccc(Cl)cc2)cc1S(=O)(=O)N1CC(C)CC(C)C1. The minimum atomic E-state index is -3.86. The van der Waals surface area contributed by atoms with Gasteiger partial charge in [-0.1, -0.05) is 25.4 Å². The first-order valence-electron chi connectivity index (χ1n) is 10.6. The zero-order valence-electron chi connectivity index (χ0n) is 18.8. The summed E-state index contributed by atoms with van der Waals surface area (Å²) >= 11 is 5.82. The van der Waals surface area contributed by atoms with Crippen LogP contribution in [0, 0.1) is 11.8 Å². The van der Waals surface area contributed by atoms with Gasteiger partial charge in [-0.05, 0) is 60.7 Å². The van der Waals surface area contributed by atoms with Crippen LogP contribution in [0.2, 0.25) is 5.02 Å². The standard InChI is InChI=1S/C23H28ClN3O5S/c1-15-10-16(2)14-27(13-15)33(30,31)21-11-17(4-9-20(21)32-3)23(29)25-12-22(28)26-19-7-5-18(24)6-8-19/h4-9,11,15-16H,10,12-14H2,1-3H3,(H,25,29)(H,26,28). The van der Waals surface area contributed by atoms with E-state index in [9.17, 15) is 18.0 Å². The molecule has 1 aliphatic rings. The van der Waals surface area contributed by atoms with Crippen molar-refractivity contribution in [2.75, 3.05) is 32.1 Å². The number of piperidine rings is 1. The number of nitrogens with zero attached hydrogens (tertiary/aromatic N) is 1. The van der Waals surface area contributed by atoms with Gasteiger partial charge in [0.25, 0.3) is 5.91 Å². The second-order valence-corrected chi connectivity index (χ2v) is 10.7. The van der Waals surface area contributed by atoms with Gasteiger partial charge in [-0.25, -0.2) is 8.42 Å². The van der Waals surface area contributed by atoms with Crippen molar-refractivity contribution in [1.29, 1.82) is 0 Å². The molecule has 178 valence electrons. The highest BCUT2D eigenvalue weighted by Gasteiger charge is 2.34. The molecule has 8 nitrogen and oxygen atoms in total. The number of halogens is 1. The lowest BCUT2D eigenvalue weighted by atomic mass is 9.94. The number of carbonyl (C=O) groups excluding carboxylic acids is 2. The molecular formula is C23H28ClN3O5S. The molecule has 1 fully saturated rings. The third kappa shape index (κ3) is 6.25. The van der Waals surface area contributed by atoms with Gasteiger partial charge in [-0.3, -0.25) is 9.59 Å². The molecule has 2 aromatic carbocycles. The van der Waals surface area contributed by atoms with Crippen molar-refractivity contribution in [3.05, 3.63) is 53.1 Å². The number of hydrogen-bond donors (Lipinski definition) is 2. The Balaban J connectivity index is 1.73. The zero-order valence-corrected chi connectivity index (χ0v) is 20.4. The zero-order chi connectivity index (χ0) is 24.2. The first-order valence-corrected chi connectivity index (χ1v) is 12.4. The number of carbonyl (C=O) groups is 2. The molecular weight excluding hydrogens is 466 g/mol. The Morgan fingerprint density at radius 2 is 1.73 bits per heavy atom. The predicted molar refractivity (Wildman–Crippen MR) is 127 cm³/mol. The van der Waals surface area contributed by atoms with Crippen LogP contribution in [0.3, 0.4) is 0 Å². The Bertz CT molecular complexity index is 1110. The van der Waals surface area contributed by atoms with Crippen LogP contribution in [-0.4, -0.2) is 51.3 Å². The number of rotatable bonds is 7. The molecule has 2 aromatic rings. The Morgan fingerprint density at radius 1 is 1.09 bits per heavy atom. The number of hydrogen-bond acceptors (Lipinski definition) is 5. The molecule has 1 aliphatic heterocycles. The van der Waals surface area contributed by atoms with Crippen molar-refractivity contribution in [2.45, 2.75) is 25.2 Å². The van der Waals surface area contributed by atoms with Gasteiger partial charge < -0.3 is 15.4 Å². The quantitative estimate of drug-likeness (QED) is 0.615. The van der Waals surface area contributed by atoms with Crippen molar-refractivity contribution in [1.82, 2.24) is 9.62 Å². The summed E-state index contributed by atoms with van der Waals surface area (Å²) in [5, 5.41) is 5.70. The summed E-state index contributed by atoms with van der Waals surface area (Å²) in [6, 6.07) is 10.8. The smallest absolute Gasteiger partial charge is 0.251 e. The molecule has 33 heavy (non-hydrogen) atoms. The molecule has 0 bridgehead atoms. The molecule has 2 N–H and O–H groups in total. The fourth-order valence-corrected chi connectivity index (χ4v) is 5.95. The van der Waals surface area contributed by atoms with Gasteiger partial charge in [0.1, 0.15) is 10.6 Å². The first-order chi connectivity index (χ1) is 15.6. The predicted octanol–water partition coefficient (Wildman–Crippen LogP) is 3.38. The second kappa shape index (κ2) is 10.5. The number of methoxy groups -OCH3 is 1. The van der Waals surface area contributed by atoms with Crippen LogP contribution in [0.4, 0.5) is 5.69 Å². The number of sulfonamides is 1. The van der Waals surface area contributed by atoms with Gasteiger partial charge in [-0.2, -0.15) is 4.31 Å². The molecule has 1 saturated heterocycles. The van der Waals surface area contributed by atoms with Gasteiger partial charge in [0, 0.05) is 29.4 Å². The topological polar surface area (TPSA) is 105 Å². The average molecular weight is 494 g/mol. The van der Waals surface area contributed by atoms with E-state index in [0.717, 1.165) is 6.42 Å². The lowest BCUT2D eigenvalue weighted by Crippen LogP contribution is -2.42. The number of anilines is 1. The van der Waals surface area contributed by atoms with E-state index in [4.69, 9.17) is 16.3 Å². The number of benzene rings is 2. The van der Waals surface area contributed by atoms with Crippen LogP contribution in [0.5, 0.6) is 5.75 Å². The third-order valence-electron chi connectivity index (χ3n) is 5.42. The molecule has 2 unspecified atom stereocenters. The summed E-state index contributed by atoms with van der Waals surface area (Å²) in [6.07, 6.45) is 0.962. The van der Waals surface area contributed by atoms with Gasteiger partial charge in [-0.15, -0.1) is 0 Å². The monoisotopic (exact) mass is 493 g/mol. The van der Waals surface area contributed by atoms with E-state index in [-0.39, 0.29) is 34.6 Å². The normalized spacial score (nSPS) is 19.0. The molecule has 0 radical (unpaired) electrons. The highest BCUT2D eigenvalue weighted by molar-refractivity contribution is 7.89. The van der Waals surface area contributed by atoms with Crippen LogP contribution in [0.1, 0.15) is 30.6 Å².